The van der Waals surface area contributed by atoms with Gasteiger partial charge in [0.15, 0.2) is 0 Å². The summed E-state index contributed by atoms with van der Waals surface area (Å²) in [6.45, 7) is 0.398. The minimum Gasteiger partial charge on any atom is -0.394 e. The lowest BCUT2D eigenvalue weighted by molar-refractivity contribution is 0.153. The van der Waals surface area contributed by atoms with Crippen LogP contribution in [-0.4, -0.2) is 41.4 Å². The number of anilines is 2. The summed E-state index contributed by atoms with van der Waals surface area (Å²) < 4.78 is 4.99. The van der Waals surface area contributed by atoms with Gasteiger partial charge in [0.2, 0.25) is 0 Å². The monoisotopic (exact) mass is 238 g/mol. The molecule has 2 rings (SSSR count). The van der Waals surface area contributed by atoms with Gasteiger partial charge in [-0.25, -0.2) is 9.97 Å². The van der Waals surface area contributed by atoms with E-state index in [2.05, 4.69) is 15.3 Å². The van der Waals surface area contributed by atoms with E-state index < -0.39 is 0 Å². The highest BCUT2D eigenvalue weighted by Crippen LogP contribution is 2.38. The molecule has 1 unspecified atom stereocenters. The Bertz CT molecular complexity index is 382. The van der Waals surface area contributed by atoms with Crippen molar-refractivity contribution in [3.8, 4) is 0 Å². The van der Waals surface area contributed by atoms with Crippen LogP contribution in [0.15, 0.2) is 6.07 Å². The molecule has 1 saturated carbocycles. The van der Waals surface area contributed by atoms with E-state index >= 15 is 0 Å². The number of nitrogens with two attached hydrogens (primary N) is 1. The summed E-state index contributed by atoms with van der Waals surface area (Å²) in [7, 11) is 1.59. The van der Waals surface area contributed by atoms with Crippen LogP contribution in [0.4, 0.5) is 11.6 Å². The Balaban J connectivity index is 2.08. The standard InChI is InChI=1S/C11H18N4O2/c1-17-6-8(5-16)13-10-4-9(12)14-11(15-10)7-2-3-7/h4,7-8,16H,2-3,5-6H2,1H3,(H3,12,13,14,15). The van der Waals surface area contributed by atoms with Gasteiger partial charge in [-0.05, 0) is 12.8 Å². The van der Waals surface area contributed by atoms with E-state index in [1.54, 1.807) is 13.2 Å². The van der Waals surface area contributed by atoms with Gasteiger partial charge in [-0.3, -0.25) is 0 Å². The van der Waals surface area contributed by atoms with Crippen LogP contribution in [0.2, 0.25) is 0 Å². The molecular formula is C11H18N4O2. The lowest BCUT2D eigenvalue weighted by atomic mass is 10.3. The number of nitrogens with zero attached hydrogens (tertiary/aromatic N) is 2. The fourth-order valence-electron chi connectivity index (χ4n) is 1.63. The second kappa shape index (κ2) is 5.29. The molecule has 17 heavy (non-hydrogen) atoms. The zero-order valence-electron chi connectivity index (χ0n) is 9.89. The highest BCUT2D eigenvalue weighted by Gasteiger charge is 2.27. The van der Waals surface area contributed by atoms with Gasteiger partial charge in [0.25, 0.3) is 0 Å². The zero-order chi connectivity index (χ0) is 12.3. The minimum absolute atomic E-state index is 0.0174. The number of aromatic nitrogens is 2. The summed E-state index contributed by atoms with van der Waals surface area (Å²) in [5.41, 5.74) is 5.73. The first-order valence-corrected chi connectivity index (χ1v) is 5.73. The molecule has 4 N–H and O–H groups in total. The molecule has 94 valence electrons. The Morgan fingerprint density at radius 2 is 2.35 bits per heavy atom. The van der Waals surface area contributed by atoms with Gasteiger partial charge >= 0.3 is 0 Å². The van der Waals surface area contributed by atoms with Crippen molar-refractivity contribution in [2.24, 2.45) is 0 Å². The average molecular weight is 238 g/mol. The highest BCUT2D eigenvalue weighted by atomic mass is 16.5. The molecule has 1 atom stereocenters. The van der Waals surface area contributed by atoms with E-state index in [0.29, 0.717) is 24.2 Å². The van der Waals surface area contributed by atoms with Crippen LogP contribution in [0.1, 0.15) is 24.6 Å². The first kappa shape index (κ1) is 12.1. The quantitative estimate of drug-likeness (QED) is 0.662. The molecule has 0 saturated heterocycles. The fourth-order valence-corrected chi connectivity index (χ4v) is 1.63. The summed E-state index contributed by atoms with van der Waals surface area (Å²) in [5, 5.41) is 12.2. The number of nitrogen functional groups attached to an aromatic ring is 1. The molecule has 0 aromatic carbocycles. The van der Waals surface area contributed by atoms with Gasteiger partial charge in [-0.2, -0.15) is 0 Å². The van der Waals surface area contributed by atoms with Crippen molar-refractivity contribution in [3.05, 3.63) is 11.9 Å². The van der Waals surface area contributed by atoms with Gasteiger partial charge in [0, 0.05) is 19.1 Å². The lowest BCUT2D eigenvalue weighted by Gasteiger charge is -2.16. The number of hydrogen-bond acceptors (Lipinski definition) is 6. The summed E-state index contributed by atoms with van der Waals surface area (Å²) in [4.78, 5) is 8.60. The van der Waals surface area contributed by atoms with Crippen LogP contribution in [0.3, 0.4) is 0 Å². The molecule has 0 bridgehead atoms. The predicted octanol–water partition coefficient (Wildman–Crippen LogP) is 0.355. The maximum absolute atomic E-state index is 9.16. The average Bonchev–Trinajstić information content (AvgIpc) is 3.11. The molecule has 0 aliphatic heterocycles. The second-order valence-electron chi connectivity index (χ2n) is 4.29. The van der Waals surface area contributed by atoms with E-state index in [9.17, 15) is 0 Å². The van der Waals surface area contributed by atoms with Crippen molar-refractivity contribution in [1.29, 1.82) is 0 Å². The zero-order valence-corrected chi connectivity index (χ0v) is 9.89. The van der Waals surface area contributed by atoms with Crippen molar-refractivity contribution in [1.82, 2.24) is 9.97 Å². The van der Waals surface area contributed by atoms with Crippen LogP contribution in [0.5, 0.6) is 0 Å². The molecule has 1 aliphatic carbocycles. The molecule has 0 amide bonds. The Hall–Kier alpha value is -1.40. The molecule has 1 aliphatic rings. The van der Waals surface area contributed by atoms with E-state index in [0.717, 1.165) is 18.7 Å². The van der Waals surface area contributed by atoms with E-state index in [1.165, 1.54) is 0 Å². The maximum Gasteiger partial charge on any atom is 0.136 e. The third kappa shape index (κ3) is 3.28. The first-order chi connectivity index (χ1) is 8.22. The molecule has 1 heterocycles. The van der Waals surface area contributed by atoms with Gasteiger partial charge in [-0.15, -0.1) is 0 Å². The number of nitrogens with one attached hydrogen (secondary N) is 1. The highest BCUT2D eigenvalue weighted by molar-refractivity contribution is 5.46. The summed E-state index contributed by atoms with van der Waals surface area (Å²) in [5.74, 6) is 2.35. The SMILES string of the molecule is COCC(CO)Nc1cc(N)nc(C2CC2)n1. The van der Waals surface area contributed by atoms with E-state index in [4.69, 9.17) is 15.6 Å². The van der Waals surface area contributed by atoms with Crippen molar-refractivity contribution < 1.29 is 9.84 Å². The molecule has 1 aromatic heterocycles. The van der Waals surface area contributed by atoms with Crippen molar-refractivity contribution in [2.75, 3.05) is 31.4 Å². The third-order valence-electron chi connectivity index (χ3n) is 2.65. The third-order valence-corrected chi connectivity index (χ3v) is 2.65. The van der Waals surface area contributed by atoms with Crippen LogP contribution >= 0.6 is 0 Å². The normalized spacial score (nSPS) is 16.8. The molecule has 1 aromatic rings. The number of methoxy groups -OCH3 is 1. The number of rotatable bonds is 6. The Morgan fingerprint density at radius 3 is 2.94 bits per heavy atom. The van der Waals surface area contributed by atoms with E-state index in [-0.39, 0.29) is 12.6 Å². The van der Waals surface area contributed by atoms with Gasteiger partial charge in [0.1, 0.15) is 17.5 Å². The first-order valence-electron chi connectivity index (χ1n) is 5.73. The smallest absolute Gasteiger partial charge is 0.136 e. The van der Waals surface area contributed by atoms with Gasteiger partial charge in [0.05, 0.1) is 19.3 Å². The molecule has 0 spiro atoms. The molecule has 1 fully saturated rings. The number of aliphatic hydroxyl groups excluding tert-OH is 1. The fraction of sp³-hybridized carbons (Fsp3) is 0.636. The summed E-state index contributed by atoms with van der Waals surface area (Å²) >= 11 is 0. The number of aliphatic hydroxyl groups is 1. The molecular weight excluding hydrogens is 220 g/mol. The molecule has 6 nitrogen and oxygen atoms in total. The topological polar surface area (TPSA) is 93.3 Å². The Labute approximate surface area is 100 Å². The van der Waals surface area contributed by atoms with Crippen LogP contribution in [0.25, 0.3) is 0 Å². The summed E-state index contributed by atoms with van der Waals surface area (Å²) in [6.07, 6.45) is 2.26. The van der Waals surface area contributed by atoms with Crippen molar-refractivity contribution >= 4 is 11.6 Å². The number of ether oxygens (including phenoxy) is 1. The second-order valence-corrected chi connectivity index (χ2v) is 4.29. The Morgan fingerprint density at radius 1 is 1.59 bits per heavy atom. The largest absolute Gasteiger partial charge is 0.394 e. The minimum atomic E-state index is -0.179. The predicted molar refractivity (Wildman–Crippen MR) is 64.8 cm³/mol. The Kier molecular flexibility index (Phi) is 3.75. The van der Waals surface area contributed by atoms with Crippen molar-refractivity contribution in [2.45, 2.75) is 24.8 Å². The van der Waals surface area contributed by atoms with Gasteiger partial charge < -0.3 is 20.9 Å². The lowest BCUT2D eigenvalue weighted by Crippen LogP contribution is -2.29. The molecule has 6 heteroatoms. The van der Waals surface area contributed by atoms with Crippen molar-refractivity contribution in [3.63, 3.8) is 0 Å². The number of hydrogen-bond donors (Lipinski definition) is 3. The van der Waals surface area contributed by atoms with Crippen LogP contribution < -0.4 is 11.1 Å². The van der Waals surface area contributed by atoms with Crippen LogP contribution in [0, 0.1) is 0 Å². The molecule has 0 radical (unpaired) electrons. The summed E-state index contributed by atoms with van der Waals surface area (Å²) in [6, 6.07) is 1.49. The van der Waals surface area contributed by atoms with E-state index in [1.807, 2.05) is 0 Å². The van der Waals surface area contributed by atoms with Crippen LogP contribution in [-0.2, 0) is 4.74 Å². The maximum atomic E-state index is 9.16. The van der Waals surface area contributed by atoms with Gasteiger partial charge in [-0.1, -0.05) is 0 Å².